The fraction of sp³-hybridized carbons (Fsp3) is 0.769. The van der Waals surface area contributed by atoms with E-state index >= 15 is 0 Å². The molecule has 0 radical (unpaired) electrons. The van der Waals surface area contributed by atoms with Crippen molar-refractivity contribution in [1.29, 1.82) is 0 Å². The maximum Gasteiger partial charge on any atom is 0.326 e. The molecular weight excluding hydrogens is 202 g/mol. The summed E-state index contributed by atoms with van der Waals surface area (Å²) in [6.45, 7) is 3.76. The van der Waals surface area contributed by atoms with E-state index in [2.05, 4.69) is 11.9 Å². The first kappa shape index (κ1) is 11.6. The molecule has 3 nitrogen and oxygen atoms in total. The molecule has 2 aliphatic rings. The molecule has 1 saturated heterocycles. The van der Waals surface area contributed by atoms with E-state index in [1.807, 2.05) is 6.08 Å². The van der Waals surface area contributed by atoms with Gasteiger partial charge in [0.15, 0.2) is 0 Å². The van der Waals surface area contributed by atoms with Crippen LogP contribution in [0, 0.1) is 5.92 Å². The zero-order valence-corrected chi connectivity index (χ0v) is 10.00. The molecule has 1 heterocycles. The van der Waals surface area contributed by atoms with Crippen LogP contribution in [0.5, 0.6) is 0 Å². The van der Waals surface area contributed by atoms with Crippen LogP contribution in [0.25, 0.3) is 0 Å². The molecule has 3 heteroatoms. The average Bonchev–Trinajstić information content (AvgIpc) is 2.67. The van der Waals surface area contributed by atoms with Gasteiger partial charge >= 0.3 is 5.97 Å². The maximum absolute atomic E-state index is 11.9. The minimum Gasteiger partial charge on any atom is -0.468 e. The van der Waals surface area contributed by atoms with Crippen LogP contribution in [-0.4, -0.2) is 24.7 Å². The lowest BCUT2D eigenvalue weighted by atomic mass is 9.82. The fourth-order valence-corrected chi connectivity index (χ4v) is 3.31. The van der Waals surface area contributed by atoms with Crippen molar-refractivity contribution in [2.75, 3.05) is 7.11 Å². The van der Waals surface area contributed by atoms with Gasteiger partial charge in [0.25, 0.3) is 0 Å². The second-order valence-corrected chi connectivity index (χ2v) is 5.07. The Morgan fingerprint density at radius 3 is 2.94 bits per heavy atom. The number of fused-ring (bicyclic) bond motifs is 1. The fourth-order valence-electron chi connectivity index (χ4n) is 3.31. The van der Waals surface area contributed by atoms with Gasteiger partial charge in [-0.15, -0.1) is 6.58 Å². The highest BCUT2D eigenvalue weighted by Crippen LogP contribution is 2.40. The number of ether oxygens (including phenoxy) is 1. The van der Waals surface area contributed by atoms with Crippen molar-refractivity contribution in [2.24, 2.45) is 5.92 Å². The summed E-state index contributed by atoms with van der Waals surface area (Å²) in [6.07, 6.45) is 8.42. The lowest BCUT2D eigenvalue weighted by Gasteiger charge is -2.26. The summed E-state index contributed by atoms with van der Waals surface area (Å²) in [7, 11) is 1.47. The number of esters is 1. The summed E-state index contributed by atoms with van der Waals surface area (Å²) < 4.78 is 4.95. The van der Waals surface area contributed by atoms with E-state index in [1.165, 1.54) is 32.8 Å². The highest BCUT2D eigenvalue weighted by atomic mass is 16.5. The summed E-state index contributed by atoms with van der Waals surface area (Å²) in [5.74, 6) is 0.523. The van der Waals surface area contributed by atoms with Gasteiger partial charge < -0.3 is 4.74 Å². The Labute approximate surface area is 97.2 Å². The van der Waals surface area contributed by atoms with Crippen LogP contribution in [0.1, 0.15) is 38.5 Å². The normalized spacial score (nSPS) is 37.8. The largest absolute Gasteiger partial charge is 0.468 e. The lowest BCUT2D eigenvalue weighted by Crippen LogP contribution is -2.50. The Bertz CT molecular complexity index is 274. The first-order chi connectivity index (χ1) is 7.72. The Morgan fingerprint density at radius 2 is 2.31 bits per heavy atom. The molecule has 90 valence electrons. The number of nitrogens with one attached hydrogen (secondary N) is 1. The van der Waals surface area contributed by atoms with Gasteiger partial charge in [-0.1, -0.05) is 18.9 Å². The minimum absolute atomic E-state index is 0.123. The molecule has 1 N–H and O–H groups in total. The Balaban J connectivity index is 2.15. The standard InChI is InChI=1S/C13H21NO2/c1-3-8-13(12(15)16-2)9-10-6-4-5-7-11(10)14-13/h3,10-11,14H,1,4-9H2,2H3/t10-,11-,13-/m0/s1. The van der Waals surface area contributed by atoms with Crippen molar-refractivity contribution in [2.45, 2.75) is 50.1 Å². The van der Waals surface area contributed by atoms with Gasteiger partial charge in [0, 0.05) is 6.04 Å². The number of carbonyl (C=O) groups excluding carboxylic acids is 1. The topological polar surface area (TPSA) is 38.3 Å². The van der Waals surface area contributed by atoms with E-state index in [0.29, 0.717) is 18.4 Å². The van der Waals surface area contributed by atoms with Gasteiger partial charge in [0.05, 0.1) is 7.11 Å². The van der Waals surface area contributed by atoms with Crippen LogP contribution in [-0.2, 0) is 9.53 Å². The van der Waals surface area contributed by atoms with Crippen molar-refractivity contribution in [3.05, 3.63) is 12.7 Å². The number of hydrogen-bond donors (Lipinski definition) is 1. The van der Waals surface area contributed by atoms with Crippen LogP contribution in [0.2, 0.25) is 0 Å². The van der Waals surface area contributed by atoms with E-state index < -0.39 is 5.54 Å². The third-order valence-corrected chi connectivity index (χ3v) is 4.05. The minimum atomic E-state index is -0.490. The SMILES string of the molecule is C=CC[C@@]1(C(=O)OC)C[C@@H]2CCCC[C@@H]2N1. The van der Waals surface area contributed by atoms with Gasteiger partial charge in [0.2, 0.25) is 0 Å². The van der Waals surface area contributed by atoms with Gasteiger partial charge in [-0.2, -0.15) is 0 Å². The van der Waals surface area contributed by atoms with E-state index in [4.69, 9.17) is 4.74 Å². The van der Waals surface area contributed by atoms with Crippen molar-refractivity contribution in [3.63, 3.8) is 0 Å². The Morgan fingerprint density at radius 1 is 1.56 bits per heavy atom. The van der Waals surface area contributed by atoms with E-state index in [1.54, 1.807) is 0 Å². The second-order valence-electron chi connectivity index (χ2n) is 5.07. The first-order valence-corrected chi connectivity index (χ1v) is 6.19. The molecule has 3 atom stereocenters. The summed E-state index contributed by atoms with van der Waals surface area (Å²) in [5, 5.41) is 3.51. The van der Waals surface area contributed by atoms with Gasteiger partial charge in [0.1, 0.15) is 5.54 Å². The molecular formula is C13H21NO2. The molecule has 0 bridgehead atoms. The molecule has 0 spiro atoms. The highest BCUT2D eigenvalue weighted by Gasteiger charge is 2.49. The molecule has 16 heavy (non-hydrogen) atoms. The van der Waals surface area contributed by atoms with Gasteiger partial charge in [-0.25, -0.2) is 0 Å². The molecule has 1 saturated carbocycles. The zero-order valence-electron chi connectivity index (χ0n) is 10.00. The Kier molecular flexibility index (Phi) is 3.33. The first-order valence-electron chi connectivity index (χ1n) is 6.19. The number of rotatable bonds is 3. The lowest BCUT2D eigenvalue weighted by molar-refractivity contribution is -0.148. The van der Waals surface area contributed by atoms with Crippen molar-refractivity contribution in [3.8, 4) is 0 Å². The van der Waals surface area contributed by atoms with Crippen molar-refractivity contribution in [1.82, 2.24) is 5.32 Å². The van der Waals surface area contributed by atoms with Crippen LogP contribution >= 0.6 is 0 Å². The summed E-state index contributed by atoms with van der Waals surface area (Å²) in [6, 6.07) is 0.507. The predicted molar refractivity (Wildman–Crippen MR) is 63.1 cm³/mol. The van der Waals surface area contributed by atoms with Crippen LogP contribution in [0.15, 0.2) is 12.7 Å². The summed E-state index contributed by atoms with van der Waals surface area (Å²) in [4.78, 5) is 11.9. The molecule has 1 aliphatic carbocycles. The van der Waals surface area contributed by atoms with Gasteiger partial charge in [-0.05, 0) is 31.6 Å². The van der Waals surface area contributed by atoms with Crippen LogP contribution in [0.4, 0.5) is 0 Å². The number of carbonyl (C=O) groups is 1. The zero-order chi connectivity index (χ0) is 11.6. The van der Waals surface area contributed by atoms with E-state index in [9.17, 15) is 4.79 Å². The van der Waals surface area contributed by atoms with E-state index in [-0.39, 0.29) is 5.97 Å². The number of hydrogen-bond acceptors (Lipinski definition) is 3. The quantitative estimate of drug-likeness (QED) is 0.587. The molecule has 2 fully saturated rings. The average molecular weight is 223 g/mol. The van der Waals surface area contributed by atoms with E-state index in [0.717, 1.165) is 6.42 Å². The molecule has 0 unspecified atom stereocenters. The second kappa shape index (κ2) is 4.58. The van der Waals surface area contributed by atoms with Crippen molar-refractivity contribution < 1.29 is 9.53 Å². The third-order valence-electron chi connectivity index (χ3n) is 4.05. The van der Waals surface area contributed by atoms with Crippen LogP contribution in [0.3, 0.4) is 0 Å². The molecule has 1 aliphatic heterocycles. The molecule has 0 aromatic carbocycles. The summed E-state index contributed by atoms with van der Waals surface area (Å²) in [5.41, 5.74) is -0.490. The molecule has 0 amide bonds. The maximum atomic E-state index is 11.9. The van der Waals surface area contributed by atoms with Crippen LogP contribution < -0.4 is 5.32 Å². The highest BCUT2D eigenvalue weighted by molar-refractivity contribution is 5.81. The smallest absolute Gasteiger partial charge is 0.326 e. The summed E-state index contributed by atoms with van der Waals surface area (Å²) >= 11 is 0. The van der Waals surface area contributed by atoms with Crippen molar-refractivity contribution >= 4 is 5.97 Å². The Hall–Kier alpha value is -0.830. The molecule has 0 aromatic rings. The molecule has 0 aromatic heterocycles. The monoisotopic (exact) mass is 223 g/mol. The predicted octanol–water partition coefficient (Wildman–Crippen LogP) is 2.03. The third kappa shape index (κ3) is 1.88. The molecule has 2 rings (SSSR count). The van der Waals surface area contributed by atoms with Gasteiger partial charge in [-0.3, -0.25) is 10.1 Å². The number of methoxy groups -OCH3 is 1.